The zero-order valence-corrected chi connectivity index (χ0v) is 18.8. The van der Waals surface area contributed by atoms with Crippen LogP contribution in [0.1, 0.15) is 31.2 Å². The molecule has 1 fully saturated rings. The van der Waals surface area contributed by atoms with Gasteiger partial charge in [0.1, 0.15) is 17.7 Å². The Morgan fingerprint density at radius 1 is 1.18 bits per heavy atom. The standard InChI is InChI=1S/C22H34N8O3/c23-17-5-10-29(11-6-17)8-1-2-9-30-12-7-20(28-22(30)33)27-19-4-3-16(13-25-19)14-26-21(32)18(24)15-31/h3-4,7,12-13,17-18,31H,1-2,5-6,8-11,14-15,23-24H2,(H,26,32)(H,25,27,28,33)/t18-/m0/s1. The van der Waals surface area contributed by atoms with Crippen molar-refractivity contribution in [2.24, 2.45) is 11.5 Å². The molecule has 3 heterocycles. The van der Waals surface area contributed by atoms with E-state index in [1.54, 1.807) is 35.2 Å². The van der Waals surface area contributed by atoms with Crippen LogP contribution in [-0.4, -0.2) is 68.8 Å². The van der Waals surface area contributed by atoms with E-state index in [1.807, 2.05) is 0 Å². The quantitative estimate of drug-likeness (QED) is 0.280. The van der Waals surface area contributed by atoms with Gasteiger partial charge in [0.2, 0.25) is 5.91 Å². The second-order valence-electron chi connectivity index (χ2n) is 8.36. The van der Waals surface area contributed by atoms with Crippen molar-refractivity contribution in [2.45, 2.75) is 50.9 Å². The molecule has 0 spiro atoms. The van der Waals surface area contributed by atoms with Crippen LogP contribution >= 0.6 is 0 Å². The van der Waals surface area contributed by atoms with Crippen LogP contribution in [0.15, 0.2) is 35.4 Å². The highest BCUT2D eigenvalue weighted by Crippen LogP contribution is 2.12. The summed E-state index contributed by atoms with van der Waals surface area (Å²) in [6.07, 6.45) is 7.41. The highest BCUT2D eigenvalue weighted by molar-refractivity contribution is 5.81. The Hall–Kier alpha value is -2.86. The third-order valence-corrected chi connectivity index (χ3v) is 5.71. The van der Waals surface area contributed by atoms with E-state index >= 15 is 0 Å². The number of nitrogens with one attached hydrogen (secondary N) is 2. The number of hydrogen-bond acceptors (Lipinski definition) is 9. The molecule has 7 N–H and O–H groups in total. The Morgan fingerprint density at radius 2 is 1.94 bits per heavy atom. The zero-order chi connectivity index (χ0) is 23.6. The van der Waals surface area contributed by atoms with E-state index in [-0.39, 0.29) is 12.2 Å². The van der Waals surface area contributed by atoms with Gasteiger partial charge in [-0.25, -0.2) is 9.78 Å². The molecule has 0 aliphatic carbocycles. The highest BCUT2D eigenvalue weighted by atomic mass is 16.3. The molecule has 33 heavy (non-hydrogen) atoms. The number of rotatable bonds is 11. The van der Waals surface area contributed by atoms with Crippen LogP contribution in [-0.2, 0) is 17.9 Å². The van der Waals surface area contributed by atoms with E-state index < -0.39 is 18.6 Å². The van der Waals surface area contributed by atoms with Crippen molar-refractivity contribution in [1.29, 1.82) is 0 Å². The maximum Gasteiger partial charge on any atom is 0.349 e. The predicted molar refractivity (Wildman–Crippen MR) is 126 cm³/mol. The van der Waals surface area contributed by atoms with Crippen LogP contribution < -0.4 is 27.8 Å². The second kappa shape index (κ2) is 12.4. The van der Waals surface area contributed by atoms with E-state index in [1.165, 1.54) is 0 Å². The zero-order valence-electron chi connectivity index (χ0n) is 18.8. The first-order valence-corrected chi connectivity index (χ1v) is 11.4. The fraction of sp³-hybridized carbons (Fsp3) is 0.545. The first-order valence-electron chi connectivity index (χ1n) is 11.4. The monoisotopic (exact) mass is 458 g/mol. The van der Waals surface area contributed by atoms with E-state index in [0.29, 0.717) is 24.2 Å². The molecule has 0 aromatic carbocycles. The third-order valence-electron chi connectivity index (χ3n) is 5.71. The Labute approximate surface area is 193 Å². The van der Waals surface area contributed by atoms with Crippen LogP contribution in [0, 0.1) is 0 Å². The molecule has 0 saturated carbocycles. The number of carbonyl (C=O) groups is 1. The molecule has 0 bridgehead atoms. The lowest BCUT2D eigenvalue weighted by Gasteiger charge is -2.29. The molecular weight excluding hydrogens is 424 g/mol. The molecule has 2 aromatic heterocycles. The van der Waals surface area contributed by atoms with Gasteiger partial charge in [0, 0.05) is 31.5 Å². The Morgan fingerprint density at radius 3 is 2.61 bits per heavy atom. The van der Waals surface area contributed by atoms with Gasteiger partial charge in [0.05, 0.1) is 6.61 Å². The highest BCUT2D eigenvalue weighted by Gasteiger charge is 2.15. The SMILES string of the molecule is NC1CCN(CCCCn2ccc(Nc3ccc(CNC(=O)[C@@H](N)CO)cn3)nc2=O)CC1. The van der Waals surface area contributed by atoms with E-state index in [0.717, 1.165) is 50.9 Å². The van der Waals surface area contributed by atoms with Gasteiger partial charge in [-0.2, -0.15) is 4.98 Å². The van der Waals surface area contributed by atoms with Crippen molar-refractivity contribution >= 4 is 17.5 Å². The van der Waals surface area contributed by atoms with Gasteiger partial charge in [-0.05, 0) is 63.0 Å². The average Bonchev–Trinajstić information content (AvgIpc) is 2.83. The largest absolute Gasteiger partial charge is 0.394 e. The molecule has 1 aliphatic rings. The van der Waals surface area contributed by atoms with Gasteiger partial charge in [-0.3, -0.25) is 9.36 Å². The summed E-state index contributed by atoms with van der Waals surface area (Å²) in [7, 11) is 0. The summed E-state index contributed by atoms with van der Waals surface area (Å²) >= 11 is 0. The van der Waals surface area contributed by atoms with Gasteiger partial charge < -0.3 is 32.1 Å². The maximum absolute atomic E-state index is 12.3. The number of amides is 1. The summed E-state index contributed by atoms with van der Waals surface area (Å²) < 4.78 is 1.62. The third kappa shape index (κ3) is 7.90. The smallest absolute Gasteiger partial charge is 0.349 e. The number of aromatic nitrogens is 3. The summed E-state index contributed by atoms with van der Waals surface area (Å²) in [5, 5.41) is 14.5. The van der Waals surface area contributed by atoms with Crippen LogP contribution in [0.25, 0.3) is 0 Å². The Kier molecular flexibility index (Phi) is 9.31. The molecule has 11 heteroatoms. The minimum Gasteiger partial charge on any atom is -0.394 e. The topological polar surface area (TPSA) is 164 Å². The Bertz CT molecular complexity index is 941. The van der Waals surface area contributed by atoms with Gasteiger partial charge in [-0.15, -0.1) is 0 Å². The molecule has 11 nitrogen and oxygen atoms in total. The molecule has 1 atom stereocenters. The number of anilines is 2. The lowest BCUT2D eigenvalue weighted by Crippen LogP contribution is -2.42. The predicted octanol–water partition coefficient (Wildman–Crippen LogP) is -0.479. The number of nitrogens with zero attached hydrogens (tertiary/aromatic N) is 4. The molecule has 180 valence electrons. The summed E-state index contributed by atoms with van der Waals surface area (Å²) in [5.74, 6) is 0.520. The molecule has 3 rings (SSSR count). The normalized spacial score (nSPS) is 15.8. The summed E-state index contributed by atoms with van der Waals surface area (Å²) in [6, 6.07) is 4.67. The fourth-order valence-corrected chi connectivity index (χ4v) is 3.60. The average molecular weight is 459 g/mol. The van der Waals surface area contributed by atoms with Crippen molar-refractivity contribution in [1.82, 2.24) is 24.8 Å². The lowest BCUT2D eigenvalue weighted by molar-refractivity contribution is -0.123. The van der Waals surface area contributed by atoms with Gasteiger partial charge in [0.25, 0.3) is 0 Å². The van der Waals surface area contributed by atoms with E-state index in [9.17, 15) is 9.59 Å². The van der Waals surface area contributed by atoms with Crippen LogP contribution in [0.5, 0.6) is 0 Å². The van der Waals surface area contributed by atoms with Gasteiger partial charge in [0.15, 0.2) is 0 Å². The number of hydrogen-bond donors (Lipinski definition) is 5. The van der Waals surface area contributed by atoms with Crippen LogP contribution in [0.2, 0.25) is 0 Å². The molecule has 0 unspecified atom stereocenters. The minimum atomic E-state index is -0.943. The molecule has 0 radical (unpaired) electrons. The van der Waals surface area contributed by atoms with E-state index in [2.05, 4.69) is 25.5 Å². The van der Waals surface area contributed by atoms with Crippen molar-refractivity contribution in [3.05, 3.63) is 46.6 Å². The summed E-state index contributed by atoms with van der Waals surface area (Å²) in [6.45, 7) is 3.63. The lowest BCUT2D eigenvalue weighted by atomic mass is 10.1. The molecule has 1 amide bonds. The number of likely N-dealkylation sites (tertiary alicyclic amines) is 1. The number of aryl methyl sites for hydroxylation is 1. The molecule has 2 aromatic rings. The number of aliphatic hydroxyl groups is 1. The van der Waals surface area contributed by atoms with Crippen molar-refractivity contribution in [3.63, 3.8) is 0 Å². The summed E-state index contributed by atoms with van der Waals surface area (Å²) in [4.78, 5) is 34.8. The number of pyridine rings is 1. The van der Waals surface area contributed by atoms with Crippen molar-refractivity contribution < 1.29 is 9.90 Å². The maximum atomic E-state index is 12.3. The fourth-order valence-electron chi connectivity index (χ4n) is 3.60. The van der Waals surface area contributed by atoms with Crippen LogP contribution in [0.3, 0.4) is 0 Å². The summed E-state index contributed by atoms with van der Waals surface area (Å²) in [5.41, 5.74) is 11.9. The molecule has 1 saturated heterocycles. The van der Waals surface area contributed by atoms with Gasteiger partial charge in [-0.1, -0.05) is 6.07 Å². The second-order valence-corrected chi connectivity index (χ2v) is 8.36. The number of carbonyl (C=O) groups excluding carboxylic acids is 1. The minimum absolute atomic E-state index is 0.249. The van der Waals surface area contributed by atoms with Crippen molar-refractivity contribution in [3.8, 4) is 0 Å². The molecular formula is C22H34N8O3. The first-order chi connectivity index (χ1) is 15.9. The van der Waals surface area contributed by atoms with Crippen LogP contribution in [0.4, 0.5) is 11.6 Å². The number of unbranched alkanes of at least 4 members (excludes halogenated alkanes) is 1. The van der Waals surface area contributed by atoms with Crippen molar-refractivity contribution in [2.75, 3.05) is 31.6 Å². The van der Waals surface area contributed by atoms with Gasteiger partial charge >= 0.3 is 5.69 Å². The molecule has 1 aliphatic heterocycles. The van der Waals surface area contributed by atoms with E-state index in [4.69, 9.17) is 16.6 Å². The number of piperidine rings is 1. The number of aliphatic hydroxyl groups excluding tert-OH is 1. The number of nitrogens with two attached hydrogens (primary N) is 2. The Balaban J connectivity index is 1.43. The first kappa shape index (κ1) is 24.8.